The lowest BCUT2D eigenvalue weighted by molar-refractivity contribution is 0.322. The molecule has 6 heavy (non-hydrogen) atoms. The summed E-state index contributed by atoms with van der Waals surface area (Å²) in [6.45, 7) is 0. The Hall–Kier alpha value is -0.0400. The molecule has 1 saturated carbocycles. The van der Waals surface area contributed by atoms with Gasteiger partial charge in [0.2, 0.25) is 0 Å². The fourth-order valence-corrected chi connectivity index (χ4v) is 1.21. The van der Waals surface area contributed by atoms with Gasteiger partial charge in [-0.15, -0.1) is 0 Å². The van der Waals surface area contributed by atoms with Crippen LogP contribution in [0.2, 0.25) is 0 Å². The first kappa shape index (κ1) is 3.03. The molecule has 0 N–H and O–H groups in total. The molecule has 0 aromatic carbocycles. The quantitative estimate of drug-likeness (QED) is 0.398. The highest BCUT2D eigenvalue weighted by Crippen LogP contribution is 2.37. The summed E-state index contributed by atoms with van der Waals surface area (Å²) in [7, 11) is 0. The maximum atomic E-state index is 5.15. The highest BCUT2D eigenvalue weighted by atomic mass is 16.6. The average molecular weight is 84.1 g/mol. The molecule has 1 aliphatic heterocycles. The summed E-state index contributed by atoms with van der Waals surface area (Å²) in [6, 6.07) is 0. The largest absolute Gasteiger partial charge is 0.370 e. The van der Waals surface area contributed by atoms with Gasteiger partial charge in [0, 0.05) is 0 Å². The molecule has 1 unspecified atom stereocenters. The zero-order chi connectivity index (χ0) is 3.98. The van der Waals surface area contributed by atoms with Crippen LogP contribution in [0.25, 0.3) is 0 Å². The Morgan fingerprint density at radius 2 is 1.83 bits per heavy atom. The van der Waals surface area contributed by atoms with Gasteiger partial charge < -0.3 is 4.74 Å². The van der Waals surface area contributed by atoms with E-state index in [0.717, 1.165) is 0 Å². The minimum absolute atomic E-state index is 0.713. The summed E-state index contributed by atoms with van der Waals surface area (Å²) >= 11 is 0. The summed E-state index contributed by atoms with van der Waals surface area (Å²) in [4.78, 5) is 0. The summed E-state index contributed by atoms with van der Waals surface area (Å²) in [5.74, 6) is 0. The third-order valence-corrected chi connectivity index (χ3v) is 1.66. The Morgan fingerprint density at radius 1 is 1.17 bits per heavy atom. The van der Waals surface area contributed by atoms with Gasteiger partial charge in [0.1, 0.15) is 0 Å². The van der Waals surface area contributed by atoms with E-state index in [1.54, 1.807) is 0 Å². The van der Waals surface area contributed by atoms with Crippen molar-refractivity contribution in [2.24, 2.45) is 0 Å². The Morgan fingerprint density at radius 3 is 2.00 bits per heavy atom. The van der Waals surface area contributed by atoms with Crippen molar-refractivity contribution >= 4 is 0 Å². The number of fused-ring (bicyclic) bond motifs is 1. The highest BCUT2D eigenvalue weighted by Gasteiger charge is 2.42. The van der Waals surface area contributed by atoms with E-state index in [1.807, 2.05) is 0 Å². The van der Waals surface area contributed by atoms with Crippen LogP contribution in [0.3, 0.4) is 0 Å². The van der Waals surface area contributed by atoms with E-state index in [-0.39, 0.29) is 0 Å². The van der Waals surface area contributed by atoms with Crippen LogP contribution < -0.4 is 0 Å². The van der Waals surface area contributed by atoms with Gasteiger partial charge in [-0.1, -0.05) is 0 Å². The van der Waals surface area contributed by atoms with Gasteiger partial charge in [0.15, 0.2) is 0 Å². The van der Waals surface area contributed by atoms with E-state index < -0.39 is 0 Å². The Balaban J connectivity index is 2.09. The van der Waals surface area contributed by atoms with Gasteiger partial charge in [0.05, 0.1) is 12.2 Å². The summed E-state index contributed by atoms with van der Waals surface area (Å²) < 4.78 is 5.15. The van der Waals surface area contributed by atoms with Gasteiger partial charge in [-0.05, 0) is 19.3 Å². The van der Waals surface area contributed by atoms with Crippen molar-refractivity contribution in [2.75, 3.05) is 0 Å². The molecule has 1 aliphatic carbocycles. The zero-order valence-corrected chi connectivity index (χ0v) is 3.68. The van der Waals surface area contributed by atoms with E-state index >= 15 is 0 Å². The second-order valence-electron chi connectivity index (χ2n) is 2.14. The number of hydrogen-bond donors (Lipinski definition) is 0. The standard InChI is InChI=1S/C5H8O/c1-2-4-5(3-1)6-4/h4-5H,1-3H2/t4-,5?/m1/s1. The first-order chi connectivity index (χ1) is 2.97. The lowest BCUT2D eigenvalue weighted by atomic mass is 10.4. The van der Waals surface area contributed by atoms with E-state index in [0.29, 0.717) is 12.2 Å². The van der Waals surface area contributed by atoms with Crippen LogP contribution >= 0.6 is 0 Å². The van der Waals surface area contributed by atoms with Crippen LogP contribution in [0, 0.1) is 0 Å². The van der Waals surface area contributed by atoms with Crippen LogP contribution in [-0.4, -0.2) is 12.2 Å². The zero-order valence-electron chi connectivity index (χ0n) is 3.68. The lowest BCUT2D eigenvalue weighted by Crippen LogP contribution is -1.74. The Labute approximate surface area is 37.3 Å². The maximum absolute atomic E-state index is 5.15. The van der Waals surface area contributed by atoms with Crippen molar-refractivity contribution in [3.63, 3.8) is 0 Å². The molecule has 0 amide bonds. The van der Waals surface area contributed by atoms with Crippen molar-refractivity contribution in [3.8, 4) is 0 Å². The molecule has 1 heteroatoms. The van der Waals surface area contributed by atoms with Crippen LogP contribution in [0.5, 0.6) is 0 Å². The molecule has 0 spiro atoms. The third-order valence-electron chi connectivity index (χ3n) is 1.66. The fraction of sp³-hybridized carbons (Fsp3) is 1.00. The van der Waals surface area contributed by atoms with Crippen molar-refractivity contribution in [3.05, 3.63) is 0 Å². The number of rotatable bonds is 0. The monoisotopic (exact) mass is 84.1 g/mol. The molecule has 2 rings (SSSR count). The van der Waals surface area contributed by atoms with Gasteiger partial charge in [0.25, 0.3) is 0 Å². The third kappa shape index (κ3) is 0.243. The predicted octanol–water partition coefficient (Wildman–Crippen LogP) is 0.938. The van der Waals surface area contributed by atoms with E-state index in [1.165, 1.54) is 19.3 Å². The average Bonchev–Trinajstić information content (AvgIpc) is 2.17. The van der Waals surface area contributed by atoms with Crippen molar-refractivity contribution in [2.45, 2.75) is 31.5 Å². The Kier molecular flexibility index (Phi) is 0.396. The van der Waals surface area contributed by atoms with Gasteiger partial charge >= 0.3 is 0 Å². The lowest BCUT2D eigenvalue weighted by Gasteiger charge is -1.81. The molecule has 1 heterocycles. The topological polar surface area (TPSA) is 12.5 Å². The number of ether oxygens (including phenoxy) is 1. The second kappa shape index (κ2) is 0.784. The molecule has 2 atom stereocenters. The van der Waals surface area contributed by atoms with Crippen LogP contribution in [0.4, 0.5) is 0 Å². The number of epoxide rings is 1. The highest BCUT2D eigenvalue weighted by molar-refractivity contribution is 4.90. The van der Waals surface area contributed by atoms with E-state index in [4.69, 9.17) is 4.74 Å². The molecular formula is C5H8O. The van der Waals surface area contributed by atoms with Gasteiger partial charge in [-0.3, -0.25) is 0 Å². The molecular weight excluding hydrogens is 76.1 g/mol. The Bertz CT molecular complexity index is 62.3. The second-order valence-corrected chi connectivity index (χ2v) is 2.14. The van der Waals surface area contributed by atoms with Crippen LogP contribution in [0.15, 0.2) is 0 Å². The smallest absolute Gasteiger partial charge is 0.0841 e. The molecule has 1 nitrogen and oxygen atoms in total. The van der Waals surface area contributed by atoms with E-state index in [9.17, 15) is 0 Å². The molecule has 2 aliphatic rings. The van der Waals surface area contributed by atoms with Crippen molar-refractivity contribution < 1.29 is 4.74 Å². The van der Waals surface area contributed by atoms with Crippen molar-refractivity contribution in [1.29, 1.82) is 0 Å². The molecule has 0 aromatic heterocycles. The first-order valence-corrected chi connectivity index (χ1v) is 2.62. The fourth-order valence-electron chi connectivity index (χ4n) is 1.21. The SMILES string of the molecule is C1CC2O[C@@H]2C1. The van der Waals surface area contributed by atoms with Crippen molar-refractivity contribution in [1.82, 2.24) is 0 Å². The molecule has 1 saturated heterocycles. The van der Waals surface area contributed by atoms with Crippen LogP contribution in [-0.2, 0) is 4.74 Å². The molecule has 0 bridgehead atoms. The minimum Gasteiger partial charge on any atom is -0.370 e. The first-order valence-electron chi connectivity index (χ1n) is 2.62. The number of hydrogen-bond acceptors (Lipinski definition) is 1. The summed E-state index contributed by atoms with van der Waals surface area (Å²) in [6.07, 6.45) is 5.51. The minimum atomic E-state index is 0.713. The normalized spacial score (nSPS) is 52.0. The predicted molar refractivity (Wildman–Crippen MR) is 22.5 cm³/mol. The summed E-state index contributed by atoms with van der Waals surface area (Å²) in [5, 5.41) is 0. The molecule has 2 fully saturated rings. The van der Waals surface area contributed by atoms with Gasteiger partial charge in [-0.25, -0.2) is 0 Å². The maximum Gasteiger partial charge on any atom is 0.0841 e. The molecule has 0 aromatic rings. The molecule has 34 valence electrons. The van der Waals surface area contributed by atoms with Gasteiger partial charge in [-0.2, -0.15) is 0 Å². The molecule has 0 radical (unpaired) electrons. The summed E-state index contributed by atoms with van der Waals surface area (Å²) in [5.41, 5.74) is 0. The van der Waals surface area contributed by atoms with E-state index in [2.05, 4.69) is 0 Å². The van der Waals surface area contributed by atoms with Crippen LogP contribution in [0.1, 0.15) is 19.3 Å².